The Morgan fingerprint density at radius 2 is 1.85 bits per heavy atom. The molecule has 46 heavy (non-hydrogen) atoms. The van der Waals surface area contributed by atoms with Crippen molar-refractivity contribution in [2.75, 3.05) is 17.2 Å². The summed E-state index contributed by atoms with van der Waals surface area (Å²) in [5.41, 5.74) is 11.0. The zero-order chi connectivity index (χ0) is 32.3. The van der Waals surface area contributed by atoms with Gasteiger partial charge >= 0.3 is 5.97 Å². The van der Waals surface area contributed by atoms with Crippen LogP contribution in [0.2, 0.25) is 0 Å². The first-order valence-electron chi connectivity index (χ1n) is 14.8. The summed E-state index contributed by atoms with van der Waals surface area (Å²) >= 11 is 0. The number of rotatable bonds is 7. The monoisotopic (exact) mass is 619 g/mol. The molecular formula is C33H29N7O6. The quantitative estimate of drug-likeness (QED) is 0.196. The van der Waals surface area contributed by atoms with Crippen LogP contribution in [-0.2, 0) is 25.9 Å². The van der Waals surface area contributed by atoms with Crippen LogP contribution in [0.5, 0.6) is 0 Å². The van der Waals surface area contributed by atoms with Crippen LogP contribution in [0.4, 0.5) is 11.4 Å². The van der Waals surface area contributed by atoms with E-state index in [4.69, 9.17) is 5.73 Å². The van der Waals surface area contributed by atoms with E-state index in [1.807, 2.05) is 23.1 Å². The van der Waals surface area contributed by atoms with Crippen molar-refractivity contribution in [3.8, 4) is 0 Å². The fourth-order valence-electron chi connectivity index (χ4n) is 6.58. The number of nitrogens with two attached hydrogens (primary N) is 1. The number of amides is 2. The minimum atomic E-state index is -0.987. The first kappa shape index (κ1) is 28.9. The second-order valence-corrected chi connectivity index (χ2v) is 11.7. The molecule has 0 unspecified atom stereocenters. The Morgan fingerprint density at radius 3 is 2.63 bits per heavy atom. The summed E-state index contributed by atoms with van der Waals surface area (Å²) in [6, 6.07) is 11.9. The Balaban J connectivity index is 1.07. The maximum absolute atomic E-state index is 13.6. The van der Waals surface area contributed by atoms with Gasteiger partial charge in [0, 0.05) is 31.8 Å². The summed E-state index contributed by atoms with van der Waals surface area (Å²) in [6.07, 6.45) is 3.44. The molecule has 3 heterocycles. The smallest absolute Gasteiger partial charge is 0.335 e. The number of nitrogens with zero attached hydrogens (tertiary/aromatic N) is 4. The highest BCUT2D eigenvalue weighted by atomic mass is 16.4. The van der Waals surface area contributed by atoms with Crippen LogP contribution in [-0.4, -0.2) is 44.0 Å². The van der Waals surface area contributed by atoms with E-state index in [0.29, 0.717) is 43.6 Å². The van der Waals surface area contributed by atoms with Crippen molar-refractivity contribution in [2.45, 2.75) is 45.3 Å². The number of anilines is 2. The van der Waals surface area contributed by atoms with Gasteiger partial charge in [-0.1, -0.05) is 24.3 Å². The molecule has 0 saturated carbocycles. The fraction of sp³-hybridized carbons (Fsp3) is 0.242. The van der Waals surface area contributed by atoms with Crippen LogP contribution < -0.4 is 32.1 Å². The topological polar surface area (TPSA) is 189 Å². The second-order valence-electron chi connectivity index (χ2n) is 11.7. The van der Waals surface area contributed by atoms with Crippen molar-refractivity contribution in [2.24, 2.45) is 0 Å². The number of benzene rings is 2. The molecule has 13 heteroatoms. The van der Waals surface area contributed by atoms with Gasteiger partial charge in [0.2, 0.25) is 0 Å². The lowest BCUT2D eigenvalue weighted by atomic mass is 9.96. The highest BCUT2D eigenvalue weighted by molar-refractivity contribution is 5.98. The summed E-state index contributed by atoms with van der Waals surface area (Å²) in [5.74, 6) is -1.90. The molecule has 13 nitrogen and oxygen atoms in total. The van der Waals surface area contributed by atoms with Crippen molar-refractivity contribution in [1.82, 2.24) is 25.2 Å². The summed E-state index contributed by atoms with van der Waals surface area (Å²) in [6.45, 7) is 2.98. The van der Waals surface area contributed by atoms with Crippen LogP contribution in [0.25, 0.3) is 5.65 Å². The molecule has 1 atom stereocenters. The molecule has 2 aliphatic rings. The van der Waals surface area contributed by atoms with E-state index in [0.717, 1.165) is 27.8 Å². The van der Waals surface area contributed by atoms with Crippen molar-refractivity contribution in [1.29, 1.82) is 0 Å². The van der Waals surface area contributed by atoms with Gasteiger partial charge in [-0.15, -0.1) is 0 Å². The number of fused-ring (bicyclic) bond motifs is 3. The minimum Gasteiger partial charge on any atom is -0.478 e. The molecule has 0 bridgehead atoms. The maximum Gasteiger partial charge on any atom is 0.335 e. The highest BCUT2D eigenvalue weighted by Crippen LogP contribution is 2.35. The van der Waals surface area contributed by atoms with Crippen molar-refractivity contribution in [3.63, 3.8) is 0 Å². The number of aromatic carboxylic acids is 1. The maximum atomic E-state index is 13.6. The Morgan fingerprint density at radius 1 is 1.02 bits per heavy atom. The average Bonchev–Trinajstić information content (AvgIpc) is 3.70. The zero-order valence-corrected chi connectivity index (χ0v) is 24.8. The molecule has 0 spiro atoms. The second kappa shape index (κ2) is 10.9. The fourth-order valence-corrected chi connectivity index (χ4v) is 6.58. The van der Waals surface area contributed by atoms with Gasteiger partial charge in [0.05, 0.1) is 17.8 Å². The molecule has 5 aromatic rings. The first-order valence-corrected chi connectivity index (χ1v) is 14.8. The number of carboxylic acid groups (broad SMARTS) is 1. The van der Waals surface area contributed by atoms with Crippen molar-refractivity contribution in [3.05, 3.63) is 119 Å². The largest absolute Gasteiger partial charge is 0.478 e. The van der Waals surface area contributed by atoms with Crippen LogP contribution in [0.1, 0.15) is 77.2 Å². The molecule has 0 radical (unpaired) electrons. The Labute approximate surface area is 261 Å². The molecule has 0 saturated heterocycles. The van der Waals surface area contributed by atoms with Crippen molar-refractivity contribution < 1.29 is 19.5 Å². The van der Waals surface area contributed by atoms with E-state index < -0.39 is 28.6 Å². The number of nitrogen functional groups attached to an aromatic ring is 1. The Bertz CT molecular complexity index is 2180. The SMILES string of the molecule is Cc1c(C(=O)O)ccc2c1CC[C@@H]2NC(=O)c1cc(C(=O)NCc2ccc3c(c2)CN(c2c(N)c(=O)c2=O)CC3)nc2ccnn12. The van der Waals surface area contributed by atoms with Crippen LogP contribution in [0, 0.1) is 6.92 Å². The van der Waals surface area contributed by atoms with Gasteiger partial charge in [0.1, 0.15) is 22.8 Å². The molecule has 2 aromatic heterocycles. The lowest BCUT2D eigenvalue weighted by molar-refractivity contribution is 0.0695. The third kappa shape index (κ3) is 4.76. The molecule has 5 N–H and O–H groups in total. The molecule has 232 valence electrons. The predicted octanol–water partition coefficient (Wildman–Crippen LogP) is 1.82. The van der Waals surface area contributed by atoms with Gasteiger partial charge in [0.15, 0.2) is 5.65 Å². The number of hydrogen-bond acceptors (Lipinski definition) is 9. The van der Waals surface area contributed by atoms with Gasteiger partial charge in [-0.2, -0.15) is 5.10 Å². The number of carbonyl (C=O) groups excluding carboxylic acids is 2. The molecule has 3 aromatic carbocycles. The summed E-state index contributed by atoms with van der Waals surface area (Å²) in [4.78, 5) is 68.3. The summed E-state index contributed by atoms with van der Waals surface area (Å²) < 4.78 is 1.37. The van der Waals surface area contributed by atoms with Crippen LogP contribution in [0.3, 0.4) is 0 Å². The lowest BCUT2D eigenvalue weighted by Crippen LogP contribution is -2.44. The molecular weight excluding hydrogens is 590 g/mol. The molecule has 0 fully saturated rings. The normalized spacial score (nSPS) is 15.5. The van der Waals surface area contributed by atoms with Gasteiger partial charge in [-0.25, -0.2) is 14.3 Å². The number of carboxylic acids is 1. The molecule has 7 rings (SSSR count). The summed E-state index contributed by atoms with van der Waals surface area (Å²) in [7, 11) is 0. The lowest BCUT2D eigenvalue weighted by Gasteiger charge is -2.32. The number of carbonyl (C=O) groups is 3. The zero-order valence-electron chi connectivity index (χ0n) is 24.8. The van der Waals surface area contributed by atoms with Crippen LogP contribution >= 0.6 is 0 Å². The molecule has 2 amide bonds. The van der Waals surface area contributed by atoms with E-state index in [-0.39, 0.29) is 40.9 Å². The van der Waals surface area contributed by atoms with Gasteiger partial charge in [-0.3, -0.25) is 19.2 Å². The standard InChI is InChI=1S/C33H29N7O6/c1-16-20-6-7-23(22(20)5-4-21(16)33(45)46)38-32(44)25-13-24(37-26-8-10-36-40(25)26)31(43)35-14-17-2-3-18-9-11-39(15-19(18)12-17)28-27(34)29(41)30(28)42/h2-5,8,10,12-13,23H,6-7,9,11,14-15,34H2,1H3,(H,35,43)(H,38,44)(H,45,46)/t23-/m0/s1. The van der Waals surface area contributed by atoms with E-state index in [1.165, 1.54) is 16.8 Å². The van der Waals surface area contributed by atoms with Gasteiger partial charge in [-0.05, 0) is 65.6 Å². The number of nitrogens with one attached hydrogen (secondary N) is 2. The Hall–Kier alpha value is -5.85. The highest BCUT2D eigenvalue weighted by Gasteiger charge is 2.29. The minimum absolute atomic E-state index is 0.00468. The van der Waals surface area contributed by atoms with Gasteiger partial charge in [0.25, 0.3) is 22.7 Å². The van der Waals surface area contributed by atoms with E-state index >= 15 is 0 Å². The molecule has 1 aliphatic carbocycles. The third-order valence-electron chi connectivity index (χ3n) is 9.03. The number of hydrogen-bond donors (Lipinski definition) is 4. The van der Waals surface area contributed by atoms with Crippen molar-refractivity contribution >= 4 is 34.8 Å². The summed E-state index contributed by atoms with van der Waals surface area (Å²) in [5, 5.41) is 19.6. The number of aromatic nitrogens is 3. The van der Waals surface area contributed by atoms with E-state index in [1.54, 1.807) is 25.1 Å². The first-order chi connectivity index (χ1) is 22.1. The average molecular weight is 620 g/mol. The van der Waals surface area contributed by atoms with E-state index in [9.17, 15) is 29.1 Å². The molecule has 1 aliphatic heterocycles. The third-order valence-corrected chi connectivity index (χ3v) is 9.03. The van der Waals surface area contributed by atoms with Gasteiger partial charge < -0.3 is 26.4 Å². The Kier molecular flexibility index (Phi) is 6.88. The van der Waals surface area contributed by atoms with E-state index in [2.05, 4.69) is 20.7 Å². The predicted molar refractivity (Wildman–Crippen MR) is 168 cm³/mol. The van der Waals surface area contributed by atoms with Crippen LogP contribution in [0.15, 0.2) is 58.3 Å².